The van der Waals surface area contributed by atoms with Crippen LogP contribution in [0.3, 0.4) is 0 Å². The zero-order valence-electron chi connectivity index (χ0n) is 21.2. The summed E-state index contributed by atoms with van der Waals surface area (Å²) in [6, 6.07) is 15.5. The van der Waals surface area contributed by atoms with Crippen LogP contribution in [0.5, 0.6) is 11.5 Å². The molecule has 0 bridgehead atoms. The zero-order chi connectivity index (χ0) is 25.0. The van der Waals surface area contributed by atoms with Crippen LogP contribution in [-0.2, 0) is 9.59 Å². The van der Waals surface area contributed by atoms with E-state index in [1.54, 1.807) is 6.08 Å². The summed E-state index contributed by atoms with van der Waals surface area (Å²) in [5, 5.41) is 3.15. The molecule has 2 amide bonds. The summed E-state index contributed by atoms with van der Waals surface area (Å²) < 4.78 is 11.7. The molecule has 1 N–H and O–H groups in total. The highest BCUT2D eigenvalue weighted by molar-refractivity contribution is 5.92. The highest BCUT2D eigenvalue weighted by Crippen LogP contribution is 2.31. The number of hydrogen-bond acceptors (Lipinski definition) is 4. The van der Waals surface area contributed by atoms with Crippen molar-refractivity contribution >= 4 is 17.9 Å². The van der Waals surface area contributed by atoms with Crippen LogP contribution in [0.2, 0.25) is 0 Å². The van der Waals surface area contributed by atoms with Gasteiger partial charge in [-0.2, -0.15) is 0 Å². The largest absolute Gasteiger partial charge is 0.490 e. The fraction of sp³-hybridized carbons (Fsp3) is 0.448. The fourth-order valence-corrected chi connectivity index (χ4v) is 4.06. The van der Waals surface area contributed by atoms with E-state index < -0.39 is 0 Å². The first-order valence-electron chi connectivity index (χ1n) is 12.7. The van der Waals surface area contributed by atoms with Crippen LogP contribution in [-0.4, -0.2) is 43.0 Å². The lowest BCUT2D eigenvalue weighted by Crippen LogP contribution is -2.43. The lowest BCUT2D eigenvalue weighted by molar-refractivity contribution is -0.132. The minimum atomic E-state index is -0.153. The highest BCUT2D eigenvalue weighted by Gasteiger charge is 2.27. The van der Waals surface area contributed by atoms with Crippen molar-refractivity contribution in [2.75, 3.05) is 26.3 Å². The maximum atomic E-state index is 12.9. The molecule has 0 spiro atoms. The molecule has 2 aromatic carbocycles. The van der Waals surface area contributed by atoms with Crippen molar-refractivity contribution in [2.24, 2.45) is 5.92 Å². The quantitative estimate of drug-likeness (QED) is 0.440. The van der Waals surface area contributed by atoms with Crippen molar-refractivity contribution in [2.45, 2.75) is 52.5 Å². The molecule has 1 heterocycles. The topological polar surface area (TPSA) is 67.9 Å². The Balaban J connectivity index is 1.52. The Labute approximate surface area is 209 Å². The van der Waals surface area contributed by atoms with Gasteiger partial charge in [-0.25, -0.2) is 0 Å². The summed E-state index contributed by atoms with van der Waals surface area (Å²) in [5.41, 5.74) is 1.98. The Hall–Kier alpha value is -3.28. The van der Waals surface area contributed by atoms with E-state index in [0.717, 1.165) is 29.7 Å². The third-order valence-electron chi connectivity index (χ3n) is 6.15. The van der Waals surface area contributed by atoms with Crippen LogP contribution < -0.4 is 14.8 Å². The smallest absolute Gasteiger partial charge is 0.246 e. The van der Waals surface area contributed by atoms with Crippen LogP contribution in [0.1, 0.15) is 63.6 Å². The molecule has 0 radical (unpaired) electrons. The van der Waals surface area contributed by atoms with Gasteiger partial charge in [0.15, 0.2) is 11.5 Å². The van der Waals surface area contributed by atoms with Crippen LogP contribution in [0.15, 0.2) is 54.6 Å². The molecule has 188 valence electrons. The predicted octanol–water partition coefficient (Wildman–Crippen LogP) is 5.39. The van der Waals surface area contributed by atoms with E-state index in [4.69, 9.17) is 9.47 Å². The van der Waals surface area contributed by atoms with Gasteiger partial charge in [-0.15, -0.1) is 0 Å². The first-order chi connectivity index (χ1) is 17.0. The molecular formula is C29H38N2O4. The number of piperidine rings is 1. The molecule has 6 nitrogen and oxygen atoms in total. The monoisotopic (exact) mass is 478 g/mol. The van der Waals surface area contributed by atoms with Gasteiger partial charge in [0.05, 0.1) is 19.3 Å². The summed E-state index contributed by atoms with van der Waals surface area (Å²) in [6.45, 7) is 8.54. The molecule has 0 aromatic heterocycles. The summed E-state index contributed by atoms with van der Waals surface area (Å²) in [5.74, 6) is 1.38. The minimum Gasteiger partial charge on any atom is -0.490 e. The van der Waals surface area contributed by atoms with Crippen LogP contribution in [0, 0.1) is 5.92 Å². The summed E-state index contributed by atoms with van der Waals surface area (Å²) >= 11 is 0. The van der Waals surface area contributed by atoms with Gasteiger partial charge in [-0.3, -0.25) is 9.59 Å². The molecule has 1 atom stereocenters. The van der Waals surface area contributed by atoms with Crippen molar-refractivity contribution in [3.8, 4) is 11.5 Å². The van der Waals surface area contributed by atoms with Gasteiger partial charge in [0.2, 0.25) is 11.8 Å². The number of ether oxygens (including phenoxy) is 2. The maximum absolute atomic E-state index is 12.9. The van der Waals surface area contributed by atoms with E-state index in [-0.39, 0.29) is 23.8 Å². The summed E-state index contributed by atoms with van der Waals surface area (Å²) in [7, 11) is 0. The Morgan fingerprint density at radius 3 is 2.31 bits per heavy atom. The van der Waals surface area contributed by atoms with E-state index in [9.17, 15) is 9.59 Å². The van der Waals surface area contributed by atoms with Crippen LogP contribution >= 0.6 is 0 Å². The van der Waals surface area contributed by atoms with Gasteiger partial charge >= 0.3 is 0 Å². The fourth-order valence-electron chi connectivity index (χ4n) is 4.06. The van der Waals surface area contributed by atoms with Gasteiger partial charge in [0.25, 0.3) is 0 Å². The zero-order valence-corrected chi connectivity index (χ0v) is 21.2. The molecule has 1 aliphatic rings. The second-order valence-electron chi connectivity index (χ2n) is 8.98. The van der Waals surface area contributed by atoms with E-state index in [2.05, 4.69) is 19.2 Å². The van der Waals surface area contributed by atoms with E-state index in [1.807, 2.05) is 66.4 Å². The molecule has 6 heteroatoms. The lowest BCUT2D eigenvalue weighted by Gasteiger charge is -2.31. The van der Waals surface area contributed by atoms with E-state index in [0.29, 0.717) is 44.9 Å². The van der Waals surface area contributed by atoms with Gasteiger partial charge in [0.1, 0.15) is 0 Å². The molecule has 1 fully saturated rings. The number of nitrogens with zero attached hydrogens (tertiary/aromatic N) is 1. The van der Waals surface area contributed by atoms with Crippen molar-refractivity contribution in [1.82, 2.24) is 10.2 Å². The number of benzene rings is 2. The average molecular weight is 479 g/mol. The molecule has 1 saturated heterocycles. The first kappa shape index (κ1) is 26.3. The number of hydrogen-bond donors (Lipinski definition) is 1. The molecular weight excluding hydrogens is 440 g/mol. The molecule has 0 aliphatic carbocycles. The maximum Gasteiger partial charge on any atom is 0.246 e. The minimum absolute atomic E-state index is 0.00827. The molecule has 1 aliphatic heterocycles. The number of amides is 2. The average Bonchev–Trinajstić information content (AvgIpc) is 2.90. The molecule has 1 unspecified atom stereocenters. The standard InChI is InChI=1S/C29H38N2O4/c1-4-19-34-26-13-12-25(21-27(26)35-20-5-2)22(3)30-29(33)24-15-17-31(18-16-24)28(32)14-11-23-9-7-6-8-10-23/h6-14,21-22,24H,4-5,15-20H2,1-3H3,(H,30,33)/b14-11+. The second kappa shape index (κ2) is 13.6. The third kappa shape index (κ3) is 7.88. The van der Waals surface area contributed by atoms with E-state index in [1.165, 1.54) is 0 Å². The van der Waals surface area contributed by atoms with Crippen molar-refractivity contribution in [3.63, 3.8) is 0 Å². The van der Waals surface area contributed by atoms with Gasteiger partial charge in [-0.1, -0.05) is 50.2 Å². The van der Waals surface area contributed by atoms with Gasteiger partial charge < -0.3 is 19.7 Å². The van der Waals surface area contributed by atoms with Crippen LogP contribution in [0.25, 0.3) is 6.08 Å². The van der Waals surface area contributed by atoms with E-state index >= 15 is 0 Å². The van der Waals surface area contributed by atoms with Gasteiger partial charge in [0, 0.05) is 25.1 Å². The SMILES string of the molecule is CCCOc1ccc(C(C)NC(=O)C2CCN(C(=O)/C=C/c3ccccc3)CC2)cc1OCCC. The summed E-state index contributed by atoms with van der Waals surface area (Å²) in [6.07, 6.45) is 6.61. The molecule has 35 heavy (non-hydrogen) atoms. The van der Waals surface area contributed by atoms with Crippen LogP contribution in [0.4, 0.5) is 0 Å². The number of likely N-dealkylation sites (tertiary alicyclic amines) is 1. The molecule has 0 saturated carbocycles. The van der Waals surface area contributed by atoms with Crippen molar-refractivity contribution < 1.29 is 19.1 Å². The Morgan fingerprint density at radius 2 is 1.66 bits per heavy atom. The van der Waals surface area contributed by atoms with Crippen molar-refractivity contribution in [3.05, 3.63) is 65.7 Å². The first-order valence-corrected chi connectivity index (χ1v) is 12.7. The Bertz CT molecular complexity index is 981. The summed E-state index contributed by atoms with van der Waals surface area (Å²) in [4.78, 5) is 27.3. The van der Waals surface area contributed by atoms with Crippen molar-refractivity contribution in [1.29, 1.82) is 0 Å². The highest BCUT2D eigenvalue weighted by atomic mass is 16.5. The second-order valence-corrected chi connectivity index (χ2v) is 8.98. The normalized spacial score (nSPS) is 15.1. The lowest BCUT2D eigenvalue weighted by atomic mass is 9.95. The molecule has 3 rings (SSSR count). The number of carbonyl (C=O) groups excluding carboxylic acids is 2. The number of nitrogens with one attached hydrogen (secondary N) is 1. The van der Waals surface area contributed by atoms with Gasteiger partial charge in [-0.05, 0) is 61.9 Å². The Kier molecular flexibility index (Phi) is 10.2. The third-order valence-corrected chi connectivity index (χ3v) is 6.15. The Morgan fingerprint density at radius 1 is 1.00 bits per heavy atom. The number of carbonyl (C=O) groups is 2. The predicted molar refractivity (Wildman–Crippen MR) is 139 cm³/mol. The molecule has 2 aromatic rings. The number of rotatable bonds is 11.